The van der Waals surface area contributed by atoms with E-state index in [0.29, 0.717) is 11.3 Å². The van der Waals surface area contributed by atoms with Gasteiger partial charge in [0.05, 0.1) is 7.11 Å². The van der Waals surface area contributed by atoms with Gasteiger partial charge in [0.1, 0.15) is 5.75 Å². The van der Waals surface area contributed by atoms with Gasteiger partial charge >= 0.3 is 0 Å². The van der Waals surface area contributed by atoms with Gasteiger partial charge in [-0.05, 0) is 55.8 Å². The van der Waals surface area contributed by atoms with Crippen LogP contribution in [0.5, 0.6) is 5.75 Å². The van der Waals surface area contributed by atoms with Crippen molar-refractivity contribution in [2.75, 3.05) is 12.4 Å². The van der Waals surface area contributed by atoms with Crippen molar-refractivity contribution in [1.29, 1.82) is 0 Å². The fourth-order valence-electron chi connectivity index (χ4n) is 2.15. The fraction of sp³-hybridized carbons (Fsp3) is 0.200. The third-order valence-corrected chi connectivity index (χ3v) is 3.36. The Hall–Kier alpha value is -3.08. The number of benzene rings is 2. The topological polar surface area (TPSA) is 67.4 Å². The van der Waals surface area contributed by atoms with Gasteiger partial charge in [0.15, 0.2) is 0 Å². The lowest BCUT2D eigenvalue weighted by atomic mass is 10.1. The zero-order valence-corrected chi connectivity index (χ0v) is 14.6. The molecule has 2 aromatic rings. The summed E-state index contributed by atoms with van der Waals surface area (Å²) in [6, 6.07) is 14.3. The third kappa shape index (κ3) is 5.80. The van der Waals surface area contributed by atoms with E-state index >= 15 is 0 Å². The van der Waals surface area contributed by atoms with Crippen molar-refractivity contribution in [2.45, 2.75) is 19.9 Å². The Balaban J connectivity index is 2.00. The second kappa shape index (κ2) is 8.68. The summed E-state index contributed by atoms with van der Waals surface area (Å²) in [4.78, 5) is 24.1. The van der Waals surface area contributed by atoms with E-state index in [0.717, 1.165) is 11.3 Å². The molecule has 0 spiro atoms. The zero-order valence-electron chi connectivity index (χ0n) is 14.6. The average molecular weight is 338 g/mol. The quantitative estimate of drug-likeness (QED) is 0.792. The van der Waals surface area contributed by atoms with Gasteiger partial charge in [0.2, 0.25) is 5.91 Å². The Morgan fingerprint density at radius 2 is 1.80 bits per heavy atom. The van der Waals surface area contributed by atoms with Crippen molar-refractivity contribution in [1.82, 2.24) is 5.32 Å². The molecule has 2 aromatic carbocycles. The van der Waals surface area contributed by atoms with Crippen molar-refractivity contribution in [3.63, 3.8) is 0 Å². The maximum absolute atomic E-state index is 12.0. The van der Waals surface area contributed by atoms with Crippen molar-refractivity contribution < 1.29 is 14.3 Å². The first-order valence-electron chi connectivity index (χ1n) is 8.02. The van der Waals surface area contributed by atoms with Gasteiger partial charge in [-0.2, -0.15) is 0 Å². The Bertz CT molecular complexity index is 765. The van der Waals surface area contributed by atoms with Gasteiger partial charge in [-0.15, -0.1) is 0 Å². The lowest BCUT2D eigenvalue weighted by Gasteiger charge is -2.09. The van der Waals surface area contributed by atoms with Gasteiger partial charge in [-0.1, -0.05) is 18.2 Å². The van der Waals surface area contributed by atoms with Crippen molar-refractivity contribution >= 4 is 23.6 Å². The molecule has 0 atom stereocenters. The highest BCUT2D eigenvalue weighted by molar-refractivity contribution is 6.03. The normalized spacial score (nSPS) is 10.7. The number of amides is 2. The highest BCUT2D eigenvalue weighted by atomic mass is 16.5. The van der Waals surface area contributed by atoms with E-state index in [-0.39, 0.29) is 17.9 Å². The Morgan fingerprint density at radius 1 is 1.08 bits per heavy atom. The molecule has 0 unspecified atom stereocenters. The molecule has 130 valence electrons. The zero-order chi connectivity index (χ0) is 18.2. The molecule has 0 aliphatic carbocycles. The van der Waals surface area contributed by atoms with Gasteiger partial charge < -0.3 is 15.4 Å². The molecular formula is C20H22N2O3. The van der Waals surface area contributed by atoms with Crippen LogP contribution in [-0.2, 0) is 4.79 Å². The number of anilines is 1. The number of methoxy groups -OCH3 is 1. The van der Waals surface area contributed by atoms with Gasteiger partial charge in [0, 0.05) is 23.4 Å². The summed E-state index contributed by atoms with van der Waals surface area (Å²) in [6.45, 7) is 3.79. The highest BCUT2D eigenvalue weighted by Crippen LogP contribution is 2.13. The van der Waals surface area contributed by atoms with Crippen LogP contribution in [0, 0.1) is 0 Å². The van der Waals surface area contributed by atoms with Gasteiger partial charge in [0.25, 0.3) is 5.91 Å². The van der Waals surface area contributed by atoms with E-state index in [9.17, 15) is 9.59 Å². The van der Waals surface area contributed by atoms with Crippen LogP contribution in [0.1, 0.15) is 29.8 Å². The Kier molecular flexibility index (Phi) is 6.34. The Labute approximate surface area is 147 Å². The first kappa shape index (κ1) is 18.3. The summed E-state index contributed by atoms with van der Waals surface area (Å²) in [5.74, 6) is 0.329. The molecule has 2 N–H and O–H groups in total. The minimum atomic E-state index is -0.266. The molecule has 0 fully saturated rings. The summed E-state index contributed by atoms with van der Waals surface area (Å²) >= 11 is 0. The second-order valence-corrected chi connectivity index (χ2v) is 5.80. The van der Waals surface area contributed by atoms with E-state index < -0.39 is 0 Å². The van der Waals surface area contributed by atoms with Crippen LogP contribution in [0.2, 0.25) is 0 Å². The molecule has 5 nitrogen and oxygen atoms in total. The first-order chi connectivity index (χ1) is 12.0. The van der Waals surface area contributed by atoms with Crippen LogP contribution in [0.3, 0.4) is 0 Å². The number of hydrogen-bond acceptors (Lipinski definition) is 3. The molecule has 0 saturated carbocycles. The molecule has 25 heavy (non-hydrogen) atoms. The summed E-state index contributed by atoms with van der Waals surface area (Å²) in [6.07, 6.45) is 3.16. The van der Waals surface area contributed by atoms with Gasteiger partial charge in [-0.25, -0.2) is 0 Å². The molecule has 0 saturated heterocycles. The average Bonchev–Trinajstić information content (AvgIpc) is 2.60. The molecule has 2 amide bonds. The van der Waals surface area contributed by atoms with Crippen LogP contribution in [0.25, 0.3) is 6.08 Å². The van der Waals surface area contributed by atoms with E-state index in [4.69, 9.17) is 4.74 Å². The molecular weight excluding hydrogens is 316 g/mol. The second-order valence-electron chi connectivity index (χ2n) is 5.80. The maximum atomic E-state index is 12.0. The molecule has 0 heterocycles. The van der Waals surface area contributed by atoms with E-state index in [1.54, 1.807) is 37.5 Å². The van der Waals surface area contributed by atoms with Crippen molar-refractivity contribution in [3.05, 3.63) is 65.7 Å². The number of nitrogens with one attached hydrogen (secondary N) is 2. The number of carbonyl (C=O) groups excluding carboxylic acids is 2. The van der Waals surface area contributed by atoms with Crippen LogP contribution in [-0.4, -0.2) is 25.0 Å². The molecule has 5 heteroatoms. The van der Waals surface area contributed by atoms with E-state index in [1.165, 1.54) is 6.08 Å². The predicted molar refractivity (Wildman–Crippen MR) is 99.7 cm³/mol. The first-order valence-corrected chi connectivity index (χ1v) is 8.02. The predicted octanol–water partition coefficient (Wildman–Crippen LogP) is 3.49. The Morgan fingerprint density at radius 3 is 2.44 bits per heavy atom. The standard InChI is InChI=1S/C20H22N2O3/c1-14(2)21-20(24)16-5-4-6-17(13-16)22-19(23)12-9-15-7-10-18(25-3)11-8-15/h4-14H,1-3H3,(H,21,24)(H,22,23)/b12-9+. The number of rotatable bonds is 6. The van der Waals surface area contributed by atoms with E-state index in [1.807, 2.05) is 38.1 Å². The molecule has 0 aliphatic rings. The van der Waals surface area contributed by atoms with Gasteiger partial charge in [-0.3, -0.25) is 9.59 Å². The van der Waals surface area contributed by atoms with Crippen LogP contribution < -0.4 is 15.4 Å². The molecule has 0 radical (unpaired) electrons. The maximum Gasteiger partial charge on any atom is 0.251 e. The van der Waals surface area contributed by atoms with Crippen molar-refractivity contribution in [3.8, 4) is 5.75 Å². The lowest BCUT2D eigenvalue weighted by molar-refractivity contribution is -0.111. The van der Waals surface area contributed by atoms with E-state index in [2.05, 4.69) is 10.6 Å². The van der Waals surface area contributed by atoms with Crippen molar-refractivity contribution in [2.24, 2.45) is 0 Å². The SMILES string of the molecule is COc1ccc(/C=C/C(=O)Nc2cccc(C(=O)NC(C)C)c2)cc1. The minimum Gasteiger partial charge on any atom is -0.497 e. The van der Waals surface area contributed by atoms with Crippen LogP contribution >= 0.6 is 0 Å². The molecule has 0 bridgehead atoms. The summed E-state index contributed by atoms with van der Waals surface area (Å²) in [5, 5.41) is 5.57. The fourth-order valence-corrected chi connectivity index (χ4v) is 2.15. The number of hydrogen-bond donors (Lipinski definition) is 2. The van der Waals surface area contributed by atoms with Crippen LogP contribution in [0.15, 0.2) is 54.6 Å². The smallest absolute Gasteiger partial charge is 0.251 e. The molecule has 0 aliphatic heterocycles. The number of ether oxygens (including phenoxy) is 1. The summed E-state index contributed by atoms with van der Waals surface area (Å²) < 4.78 is 5.09. The van der Waals surface area contributed by atoms with Crippen LogP contribution in [0.4, 0.5) is 5.69 Å². The molecule has 0 aromatic heterocycles. The largest absolute Gasteiger partial charge is 0.497 e. The lowest BCUT2D eigenvalue weighted by Crippen LogP contribution is -2.30. The minimum absolute atomic E-state index is 0.0539. The highest BCUT2D eigenvalue weighted by Gasteiger charge is 2.08. The summed E-state index contributed by atoms with van der Waals surface area (Å²) in [7, 11) is 1.60. The third-order valence-electron chi connectivity index (χ3n) is 3.36. The summed E-state index contributed by atoms with van der Waals surface area (Å²) in [5.41, 5.74) is 1.97. The number of carbonyl (C=O) groups is 2. The molecule has 2 rings (SSSR count). The monoisotopic (exact) mass is 338 g/mol.